The third kappa shape index (κ3) is 4.56. The Hall–Kier alpha value is -3.09. The summed E-state index contributed by atoms with van der Waals surface area (Å²) in [4.78, 5) is 20.1. The van der Waals surface area contributed by atoms with E-state index in [9.17, 15) is 0 Å². The summed E-state index contributed by atoms with van der Waals surface area (Å²) < 4.78 is 1.92. The molecule has 0 saturated heterocycles. The van der Waals surface area contributed by atoms with Crippen LogP contribution >= 0.6 is 11.6 Å². The summed E-state index contributed by atoms with van der Waals surface area (Å²) in [5.41, 5.74) is 5.08. The Morgan fingerprint density at radius 3 is 2.53 bits per heavy atom. The molecule has 2 aromatic carbocycles. The summed E-state index contributed by atoms with van der Waals surface area (Å²) in [6.45, 7) is 1.86. The predicted molar refractivity (Wildman–Crippen MR) is 123 cm³/mol. The second kappa shape index (κ2) is 9.15. The zero-order valence-electron chi connectivity index (χ0n) is 17.0. The van der Waals surface area contributed by atoms with Crippen LogP contribution in [0.15, 0.2) is 65.9 Å². The molecule has 0 amide bonds. The number of benzene rings is 2. The quantitative estimate of drug-likeness (QED) is 0.252. The first-order valence-corrected chi connectivity index (χ1v) is 10.2. The number of para-hydroxylation sites is 1. The van der Waals surface area contributed by atoms with Gasteiger partial charge in [-0.25, -0.2) is 9.97 Å². The summed E-state index contributed by atoms with van der Waals surface area (Å²) in [6, 6.07) is 18.0. The fraction of sp³-hybridized carbons (Fsp3) is 0.217. The molecule has 0 atom stereocenters. The van der Waals surface area contributed by atoms with Crippen LogP contribution in [0.1, 0.15) is 12.0 Å². The maximum Gasteiger partial charge on any atom is 0.225 e. The Labute approximate surface area is 180 Å². The van der Waals surface area contributed by atoms with Gasteiger partial charge in [0.15, 0.2) is 5.65 Å². The topological polar surface area (TPSA) is 59.2 Å². The second-order valence-electron chi connectivity index (χ2n) is 7.28. The molecule has 0 spiro atoms. The number of imidazole rings is 1. The zero-order chi connectivity index (χ0) is 20.9. The van der Waals surface area contributed by atoms with Crippen LogP contribution in [0.4, 0.5) is 0 Å². The van der Waals surface area contributed by atoms with E-state index in [0.29, 0.717) is 16.9 Å². The molecule has 0 N–H and O–H groups in total. The molecule has 0 fully saturated rings. The molecule has 2 aromatic heterocycles. The molecule has 152 valence electrons. The fourth-order valence-corrected chi connectivity index (χ4v) is 3.39. The van der Waals surface area contributed by atoms with E-state index in [2.05, 4.69) is 38.9 Å². The number of nitrogens with zero attached hydrogens (tertiary/aromatic N) is 6. The SMILES string of the molecule is CN(C)CCCN=Cc1ccc(-c2nc(Cl)nc3c2ncn3-c2ccccc2)cc1. The molecule has 0 bridgehead atoms. The number of hydrogen-bond donors (Lipinski definition) is 0. The minimum atomic E-state index is 0.196. The van der Waals surface area contributed by atoms with Gasteiger partial charge in [-0.05, 0) is 56.4 Å². The van der Waals surface area contributed by atoms with Crippen LogP contribution in [0.5, 0.6) is 0 Å². The van der Waals surface area contributed by atoms with Gasteiger partial charge in [0.2, 0.25) is 5.28 Å². The Morgan fingerprint density at radius 1 is 1.03 bits per heavy atom. The van der Waals surface area contributed by atoms with E-state index in [-0.39, 0.29) is 5.28 Å². The van der Waals surface area contributed by atoms with E-state index in [0.717, 1.165) is 36.3 Å². The maximum absolute atomic E-state index is 6.25. The summed E-state index contributed by atoms with van der Waals surface area (Å²) in [7, 11) is 4.14. The van der Waals surface area contributed by atoms with E-state index >= 15 is 0 Å². The van der Waals surface area contributed by atoms with Crippen molar-refractivity contribution in [2.24, 2.45) is 4.99 Å². The zero-order valence-corrected chi connectivity index (χ0v) is 17.8. The Bertz CT molecular complexity index is 1150. The van der Waals surface area contributed by atoms with Crippen LogP contribution in [0.25, 0.3) is 28.1 Å². The molecule has 6 nitrogen and oxygen atoms in total. The van der Waals surface area contributed by atoms with Crippen molar-refractivity contribution in [2.45, 2.75) is 6.42 Å². The second-order valence-corrected chi connectivity index (χ2v) is 7.62. The van der Waals surface area contributed by atoms with Crippen LogP contribution < -0.4 is 0 Å². The third-order valence-electron chi connectivity index (χ3n) is 4.72. The lowest BCUT2D eigenvalue weighted by Gasteiger charge is -2.07. The van der Waals surface area contributed by atoms with Crippen molar-refractivity contribution in [3.63, 3.8) is 0 Å². The van der Waals surface area contributed by atoms with Crippen molar-refractivity contribution in [1.29, 1.82) is 0 Å². The van der Waals surface area contributed by atoms with E-state index in [1.165, 1.54) is 0 Å². The molecule has 0 saturated carbocycles. The molecule has 7 heteroatoms. The molecule has 0 radical (unpaired) electrons. The van der Waals surface area contributed by atoms with Crippen LogP contribution in [0.3, 0.4) is 0 Å². The van der Waals surface area contributed by atoms with Crippen LogP contribution in [-0.2, 0) is 0 Å². The first-order valence-electron chi connectivity index (χ1n) is 9.83. The van der Waals surface area contributed by atoms with Crippen LogP contribution in [-0.4, -0.2) is 57.8 Å². The number of rotatable bonds is 7. The number of hydrogen-bond acceptors (Lipinski definition) is 5. The Morgan fingerprint density at radius 2 is 1.80 bits per heavy atom. The lowest BCUT2D eigenvalue weighted by Crippen LogP contribution is -2.13. The highest BCUT2D eigenvalue weighted by Crippen LogP contribution is 2.28. The molecule has 2 heterocycles. The van der Waals surface area contributed by atoms with E-state index in [1.807, 2.05) is 65.4 Å². The van der Waals surface area contributed by atoms with Crippen molar-refractivity contribution < 1.29 is 0 Å². The average molecular weight is 419 g/mol. The smallest absolute Gasteiger partial charge is 0.225 e. The minimum Gasteiger partial charge on any atom is -0.309 e. The molecule has 0 aliphatic rings. The highest BCUT2D eigenvalue weighted by molar-refractivity contribution is 6.28. The molecule has 4 aromatic rings. The van der Waals surface area contributed by atoms with Crippen molar-refractivity contribution in [3.8, 4) is 16.9 Å². The van der Waals surface area contributed by atoms with Gasteiger partial charge in [0.1, 0.15) is 17.5 Å². The summed E-state index contributed by atoms with van der Waals surface area (Å²) in [5, 5.41) is 0.196. The van der Waals surface area contributed by atoms with Crippen molar-refractivity contribution in [3.05, 3.63) is 71.8 Å². The van der Waals surface area contributed by atoms with Crippen molar-refractivity contribution in [1.82, 2.24) is 24.4 Å². The fourth-order valence-electron chi connectivity index (χ4n) is 3.23. The molecule has 30 heavy (non-hydrogen) atoms. The molecule has 0 aliphatic heterocycles. The Balaban J connectivity index is 1.60. The molecular formula is C23H23ClN6. The first kappa shape index (κ1) is 20.2. The van der Waals surface area contributed by atoms with E-state index in [1.54, 1.807) is 6.33 Å². The Kier molecular flexibility index (Phi) is 6.16. The highest BCUT2D eigenvalue weighted by atomic mass is 35.5. The highest BCUT2D eigenvalue weighted by Gasteiger charge is 2.15. The van der Waals surface area contributed by atoms with Gasteiger partial charge in [0, 0.05) is 24.0 Å². The van der Waals surface area contributed by atoms with E-state index < -0.39 is 0 Å². The lowest BCUT2D eigenvalue weighted by molar-refractivity contribution is 0.403. The van der Waals surface area contributed by atoms with Gasteiger partial charge >= 0.3 is 0 Å². The van der Waals surface area contributed by atoms with Gasteiger partial charge in [-0.15, -0.1) is 0 Å². The number of fused-ring (bicyclic) bond motifs is 1. The van der Waals surface area contributed by atoms with Crippen molar-refractivity contribution >= 4 is 29.0 Å². The predicted octanol–water partition coefficient (Wildman–Crippen LogP) is 4.51. The van der Waals surface area contributed by atoms with Gasteiger partial charge in [-0.3, -0.25) is 9.56 Å². The largest absolute Gasteiger partial charge is 0.309 e. The molecular weight excluding hydrogens is 396 g/mol. The number of aromatic nitrogens is 4. The molecule has 4 rings (SSSR count). The van der Waals surface area contributed by atoms with Gasteiger partial charge < -0.3 is 4.90 Å². The normalized spacial score (nSPS) is 11.7. The number of halogens is 1. The van der Waals surface area contributed by atoms with Gasteiger partial charge in [-0.1, -0.05) is 42.5 Å². The van der Waals surface area contributed by atoms with Crippen LogP contribution in [0, 0.1) is 0 Å². The maximum atomic E-state index is 6.25. The van der Waals surface area contributed by atoms with E-state index in [4.69, 9.17) is 11.6 Å². The third-order valence-corrected chi connectivity index (χ3v) is 4.89. The number of aliphatic imine (C=N–C) groups is 1. The summed E-state index contributed by atoms with van der Waals surface area (Å²) in [5.74, 6) is 0. The summed E-state index contributed by atoms with van der Waals surface area (Å²) >= 11 is 6.25. The van der Waals surface area contributed by atoms with Crippen LogP contribution in [0.2, 0.25) is 5.28 Å². The van der Waals surface area contributed by atoms with Gasteiger partial charge in [-0.2, -0.15) is 4.98 Å². The average Bonchev–Trinajstić information content (AvgIpc) is 3.17. The van der Waals surface area contributed by atoms with Crippen molar-refractivity contribution in [2.75, 3.05) is 27.2 Å². The standard InChI is InChI=1S/C23H23ClN6/c1-29(2)14-6-13-25-15-17-9-11-18(12-10-17)20-21-22(28-23(24)27-20)30(16-26-21)19-7-4-3-5-8-19/h3-5,7-12,15-16H,6,13-14H2,1-2H3. The monoisotopic (exact) mass is 418 g/mol. The summed E-state index contributed by atoms with van der Waals surface area (Å²) in [6.07, 6.45) is 4.71. The molecule has 0 unspecified atom stereocenters. The van der Waals surface area contributed by atoms with Gasteiger partial charge in [0.25, 0.3) is 0 Å². The minimum absolute atomic E-state index is 0.196. The first-order chi connectivity index (χ1) is 14.6. The molecule has 0 aliphatic carbocycles. The van der Waals surface area contributed by atoms with Gasteiger partial charge in [0.05, 0.1) is 0 Å². The lowest BCUT2D eigenvalue weighted by atomic mass is 10.1.